The van der Waals surface area contributed by atoms with Gasteiger partial charge in [-0.25, -0.2) is 9.59 Å². The van der Waals surface area contributed by atoms with Crippen molar-refractivity contribution >= 4 is 64.5 Å². The highest BCUT2D eigenvalue weighted by Crippen LogP contribution is 2.49. The number of alkyl halides is 6. The number of halogens is 8. The number of nitrogens with one attached hydrogen (secondary N) is 2. The van der Waals surface area contributed by atoms with Crippen LogP contribution in [0.5, 0.6) is 0 Å². The summed E-state index contributed by atoms with van der Waals surface area (Å²) in [5, 5.41) is 17.0. The number of fused-ring (bicyclic) bond motifs is 2. The molecule has 5 amide bonds. The van der Waals surface area contributed by atoms with E-state index in [-0.39, 0.29) is 79.4 Å². The number of unbranched alkanes of at least 4 members (excludes halogenated alkanes) is 3. The third-order valence-electron chi connectivity index (χ3n) is 20.2. The number of amides is 5. The van der Waals surface area contributed by atoms with Crippen molar-refractivity contribution in [3.05, 3.63) is 189 Å². The Kier molecular flexibility index (Phi) is 25.9. The van der Waals surface area contributed by atoms with Crippen LogP contribution >= 0.6 is 23.2 Å². The van der Waals surface area contributed by atoms with Crippen LogP contribution in [0.25, 0.3) is 11.1 Å². The Morgan fingerprint density at radius 1 is 0.693 bits per heavy atom. The van der Waals surface area contributed by atoms with Gasteiger partial charge in [-0.3, -0.25) is 24.6 Å². The van der Waals surface area contributed by atoms with E-state index in [0.717, 1.165) is 67.7 Å². The molecule has 3 fully saturated rings. The quantitative estimate of drug-likeness (QED) is 0.0313. The van der Waals surface area contributed by atoms with Gasteiger partial charge in [0.15, 0.2) is 0 Å². The summed E-state index contributed by atoms with van der Waals surface area (Å²) in [6.07, 6.45) is -4.22. The maximum Gasteiger partial charge on any atom is 0.416 e. The number of carboxylic acid groups (broad SMARTS) is 1. The highest BCUT2D eigenvalue weighted by atomic mass is 35.5. The summed E-state index contributed by atoms with van der Waals surface area (Å²) < 4.78 is 102. The number of anilines is 2. The first-order chi connectivity index (χ1) is 48.4. The van der Waals surface area contributed by atoms with Crippen LogP contribution in [0.3, 0.4) is 0 Å². The number of carbonyl (C=O) groups is 5. The monoisotopic (exact) mass is 1440 g/mol. The summed E-state index contributed by atoms with van der Waals surface area (Å²) >= 11 is 12.8. The van der Waals surface area contributed by atoms with E-state index < -0.39 is 58.2 Å². The summed E-state index contributed by atoms with van der Waals surface area (Å²) in [5.74, 6) is -1.07. The van der Waals surface area contributed by atoms with Crippen LogP contribution in [0.4, 0.5) is 47.3 Å². The lowest BCUT2D eigenvalue weighted by molar-refractivity contribution is -0.143. The van der Waals surface area contributed by atoms with Crippen LogP contribution in [0.15, 0.2) is 140 Å². The number of hydrogen-bond donors (Lipinski definition) is 3. The van der Waals surface area contributed by atoms with E-state index >= 15 is 0 Å². The number of nitrogens with zero attached hydrogens (tertiary/aromatic N) is 6. The zero-order valence-corrected chi connectivity index (χ0v) is 58.5. The third kappa shape index (κ3) is 19.7. The fraction of sp³-hybridized carbons (Fsp3) is 0.461. The van der Waals surface area contributed by atoms with Gasteiger partial charge in [-0.15, -0.1) is 0 Å². The molecule has 3 N–H and O–H groups in total. The largest absolute Gasteiger partial charge is 0.465 e. The highest BCUT2D eigenvalue weighted by molar-refractivity contribution is 6.42. The van der Waals surface area contributed by atoms with Gasteiger partial charge in [-0.1, -0.05) is 121 Å². The molecule has 1 aliphatic carbocycles. The van der Waals surface area contributed by atoms with Crippen molar-refractivity contribution in [2.75, 3.05) is 116 Å². The van der Waals surface area contributed by atoms with Crippen LogP contribution < -0.4 is 15.5 Å². The van der Waals surface area contributed by atoms with Crippen LogP contribution in [0.2, 0.25) is 10.0 Å². The van der Waals surface area contributed by atoms with Gasteiger partial charge in [0, 0.05) is 101 Å². The normalized spacial score (nSPS) is 18.1. The molecule has 0 bridgehead atoms. The topological polar surface area (TPSA) is 177 Å². The van der Waals surface area contributed by atoms with E-state index in [0.29, 0.717) is 120 Å². The maximum absolute atomic E-state index is 14.0. The number of rotatable bonds is 28. The molecule has 101 heavy (non-hydrogen) atoms. The molecule has 6 aromatic carbocycles. The van der Waals surface area contributed by atoms with Crippen molar-refractivity contribution in [1.82, 2.24) is 29.8 Å². The summed E-state index contributed by atoms with van der Waals surface area (Å²) in [6, 6.07) is 38.8. The molecule has 0 radical (unpaired) electrons. The number of ether oxygens (including phenoxy) is 3. The molecule has 0 unspecified atom stereocenters. The Bertz CT molecular complexity index is 3770. The van der Waals surface area contributed by atoms with E-state index in [2.05, 4.69) is 32.6 Å². The second-order valence-corrected chi connectivity index (χ2v) is 27.6. The number of piperidine rings is 2. The number of para-hydroxylation sites is 1. The Morgan fingerprint density at radius 2 is 1.37 bits per heavy atom. The maximum atomic E-state index is 14.0. The van der Waals surface area contributed by atoms with Crippen molar-refractivity contribution < 1.29 is 69.6 Å². The van der Waals surface area contributed by atoms with Gasteiger partial charge in [0.1, 0.15) is 12.2 Å². The average Bonchev–Trinajstić information content (AvgIpc) is 1.62. The van der Waals surface area contributed by atoms with Crippen LogP contribution in [0, 0.1) is 0 Å². The van der Waals surface area contributed by atoms with E-state index in [1.165, 1.54) is 15.4 Å². The Labute approximate surface area is 595 Å². The van der Waals surface area contributed by atoms with Crippen molar-refractivity contribution in [3.8, 4) is 11.1 Å². The van der Waals surface area contributed by atoms with Gasteiger partial charge < -0.3 is 49.1 Å². The molecule has 17 nitrogen and oxygen atoms in total. The lowest BCUT2D eigenvalue weighted by atomic mass is 9.72. The zero-order chi connectivity index (χ0) is 71.9. The number of carbonyl (C=O) groups excluding carboxylic acids is 4. The highest BCUT2D eigenvalue weighted by Gasteiger charge is 2.50. The molecule has 542 valence electrons. The van der Waals surface area contributed by atoms with Gasteiger partial charge in [-0.2, -0.15) is 26.3 Å². The molecule has 3 aliphatic heterocycles. The summed E-state index contributed by atoms with van der Waals surface area (Å²) in [5.41, 5.74) is 1.47. The Hall–Kier alpha value is -7.77. The van der Waals surface area contributed by atoms with Crippen molar-refractivity contribution in [2.45, 2.75) is 119 Å². The average molecular weight is 1440 g/mol. The first kappa shape index (κ1) is 75.9. The summed E-state index contributed by atoms with van der Waals surface area (Å²) in [4.78, 5) is 76.7. The third-order valence-corrected chi connectivity index (χ3v) is 20.9. The lowest BCUT2D eigenvalue weighted by Gasteiger charge is -2.46. The van der Waals surface area contributed by atoms with Crippen molar-refractivity contribution in [1.29, 1.82) is 0 Å². The molecule has 25 heteroatoms. The zero-order valence-electron chi connectivity index (χ0n) is 56.9. The van der Waals surface area contributed by atoms with Crippen molar-refractivity contribution in [3.63, 3.8) is 0 Å². The second kappa shape index (κ2) is 34.5. The van der Waals surface area contributed by atoms with Gasteiger partial charge in [0.2, 0.25) is 11.8 Å². The van der Waals surface area contributed by atoms with Crippen LogP contribution in [-0.4, -0.2) is 178 Å². The van der Waals surface area contributed by atoms with Gasteiger partial charge in [-0.05, 0) is 160 Å². The minimum atomic E-state index is -5.14. The Balaban J connectivity index is 0.593. The fourth-order valence-electron chi connectivity index (χ4n) is 14.4. The molecule has 0 aromatic heterocycles. The van der Waals surface area contributed by atoms with E-state index in [1.807, 2.05) is 98.0 Å². The molecule has 10 rings (SSSR count). The molecule has 6 aromatic rings. The minimum absolute atomic E-state index is 0.00664. The molecule has 1 spiro atoms. The molecule has 3 heterocycles. The number of benzene rings is 6. The first-order valence-corrected chi connectivity index (χ1v) is 35.4. The fourth-order valence-corrected chi connectivity index (χ4v) is 14.7. The molecule has 2 atom stereocenters. The molecular weight excluding hydrogens is 1350 g/mol. The van der Waals surface area contributed by atoms with Crippen LogP contribution in [-0.2, 0) is 60.1 Å². The van der Waals surface area contributed by atoms with E-state index in [4.69, 9.17) is 37.4 Å². The Morgan fingerprint density at radius 3 is 2.07 bits per heavy atom. The smallest absolute Gasteiger partial charge is 0.416 e. The second-order valence-electron chi connectivity index (χ2n) is 26.8. The van der Waals surface area contributed by atoms with E-state index in [9.17, 15) is 55.4 Å². The SMILES string of the molecule is CN(CCN1CCC(N(C(=O)O)c2ccccc2-c2ccccc2)CC1)C(=O)CCCCCNCc1ccc(NC(=O)OCCCCN(C)C(=O)CO[C@H]2Cc3ccccc3C23CCN(CC[C@]2(c4ccc(Cl)c(Cl)c4)CN(C(=O)c4cc(C(F)(F)F)cc(C(F)(F)F)c4)CCO2)CC3)cc1. The predicted octanol–water partition coefficient (Wildman–Crippen LogP) is 14.7. The van der Waals surface area contributed by atoms with Crippen LogP contribution in [0.1, 0.15) is 114 Å². The molecule has 4 aliphatic rings. The number of likely N-dealkylation sites (tertiary alicyclic amines) is 2. The van der Waals surface area contributed by atoms with Gasteiger partial charge in [0.05, 0.1) is 52.7 Å². The van der Waals surface area contributed by atoms with Gasteiger partial charge in [0.25, 0.3) is 5.91 Å². The predicted molar refractivity (Wildman–Crippen MR) is 376 cm³/mol. The first-order valence-electron chi connectivity index (χ1n) is 34.6. The standard InChI is InChI=1S/C76H88Cl2F6N8O9/c1-87(34-13-14-43-99-71(96)86-60-25-22-53(23-26-60)50-85-33-12-4-7-21-68(93)88(2)40-41-89-35-28-61(29-36-89)92(72(97)98)66-20-11-9-18-62(66)54-15-5-3-6-16-54)69(94)51-100-67-47-55-17-8-10-19-63(55)73(67)30-37-90(38-31-73)39-32-74(57-24-27-64(77)65(78)49-57)52-91(42-44-101-74)70(95)56-45-58(75(79,80)81)48-59(46-56)76(82,83)84/h3,5-6,8-11,15-20,22-27,45-46,48-49,61,67,85H,4,7,12-14,21,28-44,47,50-52H2,1-2H3,(H,86,96)(H,97,98)/t67-,74+/m0/s1. The molecule has 3 saturated heterocycles. The number of hydrogen-bond acceptors (Lipinski definition) is 11. The van der Waals surface area contributed by atoms with Crippen molar-refractivity contribution in [2.24, 2.45) is 0 Å². The number of likely N-dealkylation sites (N-methyl/N-ethyl adjacent to an activating group) is 2. The minimum Gasteiger partial charge on any atom is -0.465 e. The summed E-state index contributed by atoms with van der Waals surface area (Å²) in [7, 11) is 3.57. The number of morpholine rings is 1. The lowest BCUT2D eigenvalue weighted by Crippen LogP contribution is -2.54. The molecule has 0 saturated carbocycles. The van der Waals surface area contributed by atoms with E-state index in [1.54, 1.807) is 35.0 Å². The van der Waals surface area contributed by atoms with Gasteiger partial charge >= 0.3 is 24.5 Å². The molecular formula is C76H88Cl2F6N8O9. The summed E-state index contributed by atoms with van der Waals surface area (Å²) in [6.45, 7) is 6.06.